The lowest BCUT2D eigenvalue weighted by molar-refractivity contribution is 0.598. The number of benzene rings is 1. The average molecular weight is 359 g/mol. The molecule has 0 aliphatic rings. The molecule has 2 rings (SSSR count). The van der Waals surface area contributed by atoms with Crippen molar-refractivity contribution in [1.29, 1.82) is 0 Å². The summed E-state index contributed by atoms with van der Waals surface area (Å²) >= 11 is 3.24. The Kier molecular flexibility index (Phi) is 4.10. The summed E-state index contributed by atoms with van der Waals surface area (Å²) in [6, 6.07) is 5.20. The summed E-state index contributed by atoms with van der Waals surface area (Å²) in [5.74, 6) is -0.470. The van der Waals surface area contributed by atoms with E-state index in [1.54, 1.807) is 19.9 Å². The van der Waals surface area contributed by atoms with E-state index in [2.05, 4.69) is 25.6 Å². The summed E-state index contributed by atoms with van der Waals surface area (Å²) < 4.78 is 40.6. The molecule has 0 saturated heterocycles. The van der Waals surface area contributed by atoms with Crippen molar-refractivity contribution in [1.82, 2.24) is 4.98 Å². The van der Waals surface area contributed by atoms with Crippen LogP contribution in [0.5, 0.6) is 0 Å². The van der Waals surface area contributed by atoms with Crippen molar-refractivity contribution >= 4 is 31.6 Å². The summed E-state index contributed by atoms with van der Waals surface area (Å²) in [4.78, 5) is 4.06. The van der Waals surface area contributed by atoms with Crippen molar-refractivity contribution in [3.05, 3.63) is 52.0 Å². The largest absolute Gasteiger partial charge is 0.278 e. The molecule has 7 heteroatoms. The second-order valence-electron chi connectivity index (χ2n) is 4.35. The number of aryl methyl sites for hydroxylation is 2. The van der Waals surface area contributed by atoms with E-state index in [-0.39, 0.29) is 4.90 Å². The fourth-order valence-corrected chi connectivity index (χ4v) is 3.22. The highest BCUT2D eigenvalue weighted by molar-refractivity contribution is 9.10. The van der Waals surface area contributed by atoms with Gasteiger partial charge in [-0.05, 0) is 65.2 Å². The van der Waals surface area contributed by atoms with Gasteiger partial charge in [0.25, 0.3) is 10.0 Å². The van der Waals surface area contributed by atoms with Gasteiger partial charge in [0.1, 0.15) is 10.4 Å². The Hall–Kier alpha value is -1.47. The van der Waals surface area contributed by atoms with Gasteiger partial charge in [-0.2, -0.15) is 0 Å². The van der Waals surface area contributed by atoms with Crippen LogP contribution < -0.4 is 4.72 Å². The molecule has 0 atom stereocenters. The lowest BCUT2D eigenvalue weighted by atomic mass is 10.2. The van der Waals surface area contributed by atoms with E-state index in [1.165, 1.54) is 18.3 Å². The molecule has 1 aromatic carbocycles. The molecular formula is C13H12BrFN2O2S. The molecule has 1 aromatic heterocycles. The third-order valence-corrected chi connectivity index (χ3v) is 5.06. The number of rotatable bonds is 3. The molecular weight excluding hydrogens is 347 g/mol. The number of hydrogen-bond donors (Lipinski definition) is 1. The van der Waals surface area contributed by atoms with Crippen LogP contribution in [0.15, 0.2) is 40.0 Å². The topological polar surface area (TPSA) is 59.1 Å². The Morgan fingerprint density at radius 1 is 1.20 bits per heavy atom. The van der Waals surface area contributed by atoms with Crippen molar-refractivity contribution in [3.8, 4) is 0 Å². The number of nitrogens with zero attached hydrogens (tertiary/aromatic N) is 1. The lowest BCUT2D eigenvalue weighted by Crippen LogP contribution is -2.14. The lowest BCUT2D eigenvalue weighted by Gasteiger charge is -2.11. The zero-order chi connectivity index (χ0) is 14.9. The fraction of sp³-hybridized carbons (Fsp3) is 0.154. The zero-order valence-corrected chi connectivity index (χ0v) is 13.2. The fourth-order valence-electron chi connectivity index (χ4n) is 1.74. The molecule has 1 N–H and O–H groups in total. The van der Waals surface area contributed by atoms with Crippen LogP contribution in [0.2, 0.25) is 0 Å². The average Bonchev–Trinajstić information content (AvgIpc) is 2.33. The number of hydrogen-bond acceptors (Lipinski definition) is 3. The van der Waals surface area contributed by atoms with Crippen molar-refractivity contribution in [2.45, 2.75) is 18.7 Å². The van der Waals surface area contributed by atoms with Crippen LogP contribution >= 0.6 is 15.9 Å². The van der Waals surface area contributed by atoms with Crippen molar-refractivity contribution in [2.75, 3.05) is 4.72 Å². The van der Waals surface area contributed by atoms with Gasteiger partial charge in [0.2, 0.25) is 0 Å². The normalized spacial score (nSPS) is 11.4. The maximum absolute atomic E-state index is 13.0. The second kappa shape index (κ2) is 5.49. The summed E-state index contributed by atoms with van der Waals surface area (Å²) in [5, 5.41) is 0. The van der Waals surface area contributed by atoms with Crippen LogP contribution in [0.3, 0.4) is 0 Å². The Bertz CT molecular complexity index is 763. The van der Waals surface area contributed by atoms with E-state index < -0.39 is 15.8 Å². The Balaban J connectivity index is 2.38. The number of pyridine rings is 1. The van der Waals surface area contributed by atoms with E-state index in [9.17, 15) is 12.8 Å². The van der Waals surface area contributed by atoms with Crippen LogP contribution in [-0.2, 0) is 10.0 Å². The molecule has 2 aromatic rings. The quantitative estimate of drug-likeness (QED) is 0.855. The molecule has 0 radical (unpaired) electrons. The summed E-state index contributed by atoms with van der Waals surface area (Å²) in [5.41, 5.74) is 1.51. The minimum Gasteiger partial charge on any atom is -0.278 e. The Morgan fingerprint density at radius 3 is 2.50 bits per heavy atom. The van der Waals surface area contributed by atoms with Gasteiger partial charge in [-0.1, -0.05) is 0 Å². The minimum absolute atomic E-state index is 0.0412. The molecule has 4 nitrogen and oxygen atoms in total. The molecule has 0 spiro atoms. The summed E-state index contributed by atoms with van der Waals surface area (Å²) in [6.07, 6.45) is 1.41. The van der Waals surface area contributed by atoms with Crippen LogP contribution in [0.4, 0.5) is 10.1 Å². The minimum atomic E-state index is -3.76. The molecule has 0 saturated carbocycles. The maximum Gasteiger partial charge on any atom is 0.262 e. The van der Waals surface area contributed by atoms with Crippen LogP contribution in [0.25, 0.3) is 0 Å². The highest BCUT2D eigenvalue weighted by Crippen LogP contribution is 2.22. The highest BCUT2D eigenvalue weighted by Gasteiger charge is 2.17. The predicted octanol–water partition coefficient (Wildman–Crippen LogP) is 3.40. The highest BCUT2D eigenvalue weighted by atomic mass is 79.9. The molecule has 0 unspecified atom stereocenters. The first kappa shape index (κ1) is 14.9. The van der Waals surface area contributed by atoms with Crippen molar-refractivity contribution < 1.29 is 12.8 Å². The molecule has 0 amide bonds. The third-order valence-electron chi connectivity index (χ3n) is 2.69. The number of sulfonamides is 1. The van der Waals surface area contributed by atoms with Gasteiger partial charge in [-0.15, -0.1) is 0 Å². The zero-order valence-electron chi connectivity index (χ0n) is 10.8. The number of halogens is 2. The first-order valence-electron chi connectivity index (χ1n) is 5.71. The first-order valence-corrected chi connectivity index (χ1v) is 7.98. The van der Waals surface area contributed by atoms with E-state index in [0.717, 1.165) is 11.6 Å². The van der Waals surface area contributed by atoms with E-state index in [1.807, 2.05) is 0 Å². The van der Waals surface area contributed by atoms with E-state index in [0.29, 0.717) is 15.9 Å². The van der Waals surface area contributed by atoms with Crippen LogP contribution in [-0.4, -0.2) is 13.4 Å². The smallest absolute Gasteiger partial charge is 0.262 e. The number of aromatic nitrogens is 1. The standard InChI is InChI=1S/C13H12BrFN2O2S/c1-8-5-10(15)3-4-12(8)20(18,19)17-11-6-9(2)13(14)16-7-11/h3-7,17H,1-2H3. The number of nitrogens with one attached hydrogen (secondary N) is 1. The van der Waals surface area contributed by atoms with Gasteiger partial charge < -0.3 is 0 Å². The van der Waals surface area contributed by atoms with E-state index in [4.69, 9.17) is 0 Å². The monoisotopic (exact) mass is 358 g/mol. The molecule has 0 aliphatic heterocycles. The predicted molar refractivity (Wildman–Crippen MR) is 78.6 cm³/mol. The summed E-state index contributed by atoms with van der Waals surface area (Å²) in [6.45, 7) is 3.35. The van der Waals surface area contributed by atoms with Crippen molar-refractivity contribution in [3.63, 3.8) is 0 Å². The summed E-state index contributed by atoms with van der Waals surface area (Å²) in [7, 11) is -3.76. The Labute approximate surface area is 125 Å². The molecule has 0 aliphatic carbocycles. The van der Waals surface area contributed by atoms with Crippen LogP contribution in [0.1, 0.15) is 11.1 Å². The van der Waals surface area contributed by atoms with E-state index >= 15 is 0 Å². The van der Waals surface area contributed by atoms with Gasteiger partial charge in [0.05, 0.1) is 16.8 Å². The van der Waals surface area contributed by atoms with Crippen molar-refractivity contribution in [2.24, 2.45) is 0 Å². The third kappa shape index (κ3) is 3.16. The van der Waals surface area contributed by atoms with Gasteiger partial charge in [-0.25, -0.2) is 17.8 Å². The molecule has 106 valence electrons. The SMILES string of the molecule is Cc1cc(F)ccc1S(=O)(=O)Nc1cnc(Br)c(C)c1. The molecule has 1 heterocycles. The first-order chi connectivity index (χ1) is 9.29. The maximum atomic E-state index is 13.0. The Morgan fingerprint density at radius 2 is 1.90 bits per heavy atom. The van der Waals surface area contributed by atoms with Gasteiger partial charge in [0, 0.05) is 0 Å². The van der Waals surface area contributed by atoms with Gasteiger partial charge in [0.15, 0.2) is 0 Å². The van der Waals surface area contributed by atoms with Gasteiger partial charge >= 0.3 is 0 Å². The van der Waals surface area contributed by atoms with Crippen LogP contribution in [0, 0.1) is 19.7 Å². The second-order valence-corrected chi connectivity index (χ2v) is 6.75. The number of anilines is 1. The molecule has 0 bridgehead atoms. The molecule has 20 heavy (non-hydrogen) atoms. The molecule has 0 fully saturated rings. The van der Waals surface area contributed by atoms with Gasteiger partial charge in [-0.3, -0.25) is 4.72 Å².